The molecule has 1 aliphatic rings. The Hall–Kier alpha value is -1.97. The molecule has 1 aliphatic carbocycles. The summed E-state index contributed by atoms with van der Waals surface area (Å²) in [6.45, 7) is 0. The van der Waals surface area contributed by atoms with Crippen LogP contribution >= 0.6 is 0 Å². The molecule has 2 heterocycles. The van der Waals surface area contributed by atoms with Gasteiger partial charge in [-0.1, -0.05) is 0 Å². The maximum atomic E-state index is 10.8. The first-order valence-corrected chi connectivity index (χ1v) is 5.84. The lowest BCUT2D eigenvalue weighted by Gasteiger charge is -2.13. The number of aromatic nitrogens is 3. The number of imidazole rings is 1. The lowest BCUT2D eigenvalue weighted by atomic mass is 10.0. The Morgan fingerprint density at radius 1 is 1.24 bits per heavy atom. The van der Waals surface area contributed by atoms with Crippen molar-refractivity contribution in [2.75, 3.05) is 0 Å². The molecule has 2 aromatic heterocycles. The first-order chi connectivity index (χ1) is 8.38. The largest absolute Gasteiger partial charge is 0.301 e. The van der Waals surface area contributed by atoms with Crippen LogP contribution in [0.1, 0.15) is 34.6 Å². The summed E-state index contributed by atoms with van der Waals surface area (Å²) in [5.74, 6) is 0. The van der Waals surface area contributed by atoms with E-state index >= 15 is 0 Å². The Morgan fingerprint density at radius 3 is 3.00 bits per heavy atom. The zero-order valence-electron chi connectivity index (χ0n) is 9.47. The van der Waals surface area contributed by atoms with Crippen LogP contribution in [-0.2, 0) is 12.8 Å². The molecule has 0 radical (unpaired) electrons. The minimum absolute atomic E-state index is 0.598. The highest BCUT2D eigenvalue weighted by atomic mass is 16.1. The SMILES string of the molecule is O=Cc1cncc(-n2cnc3c2CCCC3)c1. The standard InChI is InChI=1S/C13H13N3O/c17-8-10-5-11(7-14-6-10)16-9-15-12-3-1-2-4-13(12)16/h5-9H,1-4H2. The number of hydrogen-bond donors (Lipinski definition) is 0. The number of rotatable bonds is 2. The molecule has 0 saturated carbocycles. The predicted molar refractivity (Wildman–Crippen MR) is 63.4 cm³/mol. The van der Waals surface area contributed by atoms with E-state index in [1.54, 1.807) is 12.4 Å². The molecule has 0 aliphatic heterocycles. The molecule has 0 fully saturated rings. The Labute approximate surface area is 99.3 Å². The van der Waals surface area contributed by atoms with Crippen LogP contribution in [0.3, 0.4) is 0 Å². The fourth-order valence-corrected chi connectivity index (χ4v) is 2.33. The van der Waals surface area contributed by atoms with Crippen LogP contribution in [0.4, 0.5) is 0 Å². The lowest BCUT2D eigenvalue weighted by Crippen LogP contribution is -2.07. The number of pyridine rings is 1. The highest BCUT2D eigenvalue weighted by Gasteiger charge is 2.16. The average molecular weight is 227 g/mol. The summed E-state index contributed by atoms with van der Waals surface area (Å²) in [7, 11) is 0. The summed E-state index contributed by atoms with van der Waals surface area (Å²) in [6, 6.07) is 1.84. The van der Waals surface area contributed by atoms with E-state index in [4.69, 9.17) is 0 Å². The summed E-state index contributed by atoms with van der Waals surface area (Å²) in [6.07, 6.45) is 10.5. The van der Waals surface area contributed by atoms with E-state index in [9.17, 15) is 4.79 Å². The summed E-state index contributed by atoms with van der Waals surface area (Å²) in [5.41, 5.74) is 3.97. The molecule has 0 bridgehead atoms. The number of carbonyl (C=O) groups excluding carboxylic acids is 1. The summed E-state index contributed by atoms with van der Waals surface area (Å²) in [5, 5.41) is 0. The molecule has 4 heteroatoms. The molecule has 0 spiro atoms. The van der Waals surface area contributed by atoms with Crippen LogP contribution in [0.5, 0.6) is 0 Å². The van der Waals surface area contributed by atoms with Gasteiger partial charge in [-0.2, -0.15) is 0 Å². The predicted octanol–water partition coefficient (Wildman–Crippen LogP) is 1.96. The highest BCUT2D eigenvalue weighted by molar-refractivity contribution is 5.75. The van der Waals surface area contributed by atoms with E-state index in [1.807, 2.05) is 12.4 Å². The molecule has 17 heavy (non-hydrogen) atoms. The monoisotopic (exact) mass is 227 g/mol. The van der Waals surface area contributed by atoms with Crippen LogP contribution in [0, 0.1) is 0 Å². The minimum atomic E-state index is 0.598. The van der Waals surface area contributed by atoms with Gasteiger partial charge in [0, 0.05) is 17.5 Å². The van der Waals surface area contributed by atoms with Gasteiger partial charge in [0.15, 0.2) is 6.29 Å². The second-order valence-electron chi connectivity index (χ2n) is 4.31. The maximum Gasteiger partial charge on any atom is 0.151 e. The smallest absolute Gasteiger partial charge is 0.151 e. The fraction of sp³-hybridized carbons (Fsp3) is 0.308. The topological polar surface area (TPSA) is 47.8 Å². The van der Waals surface area contributed by atoms with Gasteiger partial charge >= 0.3 is 0 Å². The zero-order chi connectivity index (χ0) is 11.7. The molecule has 4 nitrogen and oxygen atoms in total. The van der Waals surface area contributed by atoms with E-state index in [0.717, 1.165) is 24.8 Å². The van der Waals surface area contributed by atoms with Crippen molar-refractivity contribution in [3.63, 3.8) is 0 Å². The molecule has 2 aromatic rings. The van der Waals surface area contributed by atoms with Crippen molar-refractivity contribution >= 4 is 6.29 Å². The van der Waals surface area contributed by atoms with E-state index < -0.39 is 0 Å². The number of nitrogens with zero attached hydrogens (tertiary/aromatic N) is 3. The average Bonchev–Trinajstić information content (AvgIpc) is 2.82. The Kier molecular flexibility index (Phi) is 2.48. The van der Waals surface area contributed by atoms with Crippen molar-refractivity contribution in [3.8, 4) is 5.69 Å². The van der Waals surface area contributed by atoms with E-state index in [-0.39, 0.29) is 0 Å². The molecular weight excluding hydrogens is 214 g/mol. The number of carbonyl (C=O) groups is 1. The van der Waals surface area contributed by atoms with Crippen molar-refractivity contribution in [3.05, 3.63) is 41.7 Å². The summed E-state index contributed by atoms with van der Waals surface area (Å²) in [4.78, 5) is 19.3. The van der Waals surface area contributed by atoms with Crippen molar-refractivity contribution in [1.29, 1.82) is 0 Å². The van der Waals surface area contributed by atoms with E-state index in [0.29, 0.717) is 5.56 Å². The molecule has 86 valence electrons. The van der Waals surface area contributed by atoms with Crippen molar-refractivity contribution in [2.24, 2.45) is 0 Å². The maximum absolute atomic E-state index is 10.8. The molecule has 0 unspecified atom stereocenters. The molecule has 0 saturated heterocycles. The van der Waals surface area contributed by atoms with Crippen LogP contribution < -0.4 is 0 Å². The zero-order valence-corrected chi connectivity index (χ0v) is 9.47. The third-order valence-electron chi connectivity index (χ3n) is 3.19. The summed E-state index contributed by atoms with van der Waals surface area (Å²) < 4.78 is 2.05. The molecule has 3 rings (SSSR count). The van der Waals surface area contributed by atoms with Gasteiger partial charge in [0.2, 0.25) is 0 Å². The van der Waals surface area contributed by atoms with E-state index in [1.165, 1.54) is 24.2 Å². The second kappa shape index (κ2) is 4.13. The summed E-state index contributed by atoms with van der Waals surface area (Å²) >= 11 is 0. The van der Waals surface area contributed by atoms with Gasteiger partial charge in [0.05, 0.1) is 23.9 Å². The number of fused-ring (bicyclic) bond motifs is 1. The van der Waals surface area contributed by atoms with Gasteiger partial charge in [-0.25, -0.2) is 4.98 Å². The van der Waals surface area contributed by atoms with Gasteiger partial charge in [0.25, 0.3) is 0 Å². The first kappa shape index (κ1) is 10.2. The first-order valence-electron chi connectivity index (χ1n) is 5.84. The van der Waals surface area contributed by atoms with Crippen molar-refractivity contribution in [1.82, 2.24) is 14.5 Å². The minimum Gasteiger partial charge on any atom is -0.301 e. The third kappa shape index (κ3) is 1.75. The van der Waals surface area contributed by atoms with Crippen LogP contribution in [-0.4, -0.2) is 20.8 Å². The van der Waals surface area contributed by atoms with Gasteiger partial charge < -0.3 is 4.57 Å². The number of hydrogen-bond acceptors (Lipinski definition) is 3. The molecule has 0 N–H and O–H groups in total. The second-order valence-corrected chi connectivity index (χ2v) is 4.31. The lowest BCUT2D eigenvalue weighted by molar-refractivity contribution is 0.112. The molecule has 0 aromatic carbocycles. The van der Waals surface area contributed by atoms with Gasteiger partial charge in [-0.05, 0) is 31.7 Å². The molecule has 0 atom stereocenters. The van der Waals surface area contributed by atoms with Crippen LogP contribution in [0.25, 0.3) is 5.69 Å². The molecule has 0 amide bonds. The van der Waals surface area contributed by atoms with Gasteiger partial charge in [-0.3, -0.25) is 9.78 Å². The van der Waals surface area contributed by atoms with Crippen molar-refractivity contribution < 1.29 is 4.79 Å². The quantitative estimate of drug-likeness (QED) is 0.737. The number of aryl methyl sites for hydroxylation is 1. The Morgan fingerprint density at radius 2 is 2.12 bits per heavy atom. The number of aldehydes is 1. The fourth-order valence-electron chi connectivity index (χ4n) is 2.33. The third-order valence-corrected chi connectivity index (χ3v) is 3.19. The van der Waals surface area contributed by atoms with Gasteiger partial charge in [0.1, 0.15) is 0 Å². The molecular formula is C13H13N3O. The highest BCUT2D eigenvalue weighted by Crippen LogP contribution is 2.22. The normalized spacial score (nSPS) is 14.4. The van der Waals surface area contributed by atoms with Crippen LogP contribution in [0.2, 0.25) is 0 Å². The Bertz CT molecular complexity index is 560. The van der Waals surface area contributed by atoms with Crippen molar-refractivity contribution in [2.45, 2.75) is 25.7 Å². The van der Waals surface area contributed by atoms with E-state index in [2.05, 4.69) is 14.5 Å². The Balaban J connectivity index is 2.08. The van der Waals surface area contributed by atoms with Gasteiger partial charge in [-0.15, -0.1) is 0 Å². The van der Waals surface area contributed by atoms with Crippen LogP contribution in [0.15, 0.2) is 24.8 Å².